The van der Waals surface area contributed by atoms with Crippen molar-refractivity contribution in [1.29, 1.82) is 0 Å². The third-order valence-corrected chi connectivity index (χ3v) is 5.97. The zero-order chi connectivity index (χ0) is 21.8. The second-order valence-electron chi connectivity index (χ2n) is 7.87. The Labute approximate surface area is 180 Å². The first-order chi connectivity index (χ1) is 14.2. The molecule has 160 valence electrons. The van der Waals surface area contributed by atoms with Crippen LogP contribution in [0.2, 0.25) is 0 Å². The fraction of sp³-hybridized carbons (Fsp3) is 0.435. The van der Waals surface area contributed by atoms with Gasteiger partial charge < -0.3 is 14.8 Å². The number of nitrogens with one attached hydrogen (secondary N) is 1. The van der Waals surface area contributed by atoms with Gasteiger partial charge in [-0.3, -0.25) is 4.79 Å². The maximum absolute atomic E-state index is 12.7. The summed E-state index contributed by atoms with van der Waals surface area (Å²) in [6.45, 7) is 6.95. The molecular formula is C23H27NO5S. The van der Waals surface area contributed by atoms with Gasteiger partial charge in [-0.15, -0.1) is 11.3 Å². The fourth-order valence-corrected chi connectivity index (χ4v) is 4.91. The molecule has 0 atom stereocenters. The molecule has 1 amide bonds. The maximum Gasteiger partial charge on any atom is 0.341 e. The Morgan fingerprint density at radius 1 is 1.03 bits per heavy atom. The number of fused-ring (bicyclic) bond motifs is 1. The SMILES string of the molecule is Cc1cc(C)cc(C(=O)OCC(=O)Nc2sc3c(c2C(=O)OC(C)C)CCCC3)c1. The van der Waals surface area contributed by atoms with Gasteiger partial charge in [0.25, 0.3) is 5.91 Å². The lowest BCUT2D eigenvalue weighted by Crippen LogP contribution is -2.22. The van der Waals surface area contributed by atoms with E-state index in [9.17, 15) is 14.4 Å². The highest BCUT2D eigenvalue weighted by molar-refractivity contribution is 7.17. The highest BCUT2D eigenvalue weighted by Crippen LogP contribution is 2.38. The van der Waals surface area contributed by atoms with Crippen LogP contribution in [0.15, 0.2) is 18.2 Å². The van der Waals surface area contributed by atoms with Crippen LogP contribution in [0.1, 0.15) is 69.0 Å². The smallest absolute Gasteiger partial charge is 0.341 e. The first-order valence-corrected chi connectivity index (χ1v) is 11.0. The largest absolute Gasteiger partial charge is 0.459 e. The third kappa shape index (κ3) is 5.27. The van der Waals surface area contributed by atoms with Gasteiger partial charge in [0.1, 0.15) is 5.00 Å². The van der Waals surface area contributed by atoms with Crippen LogP contribution >= 0.6 is 11.3 Å². The van der Waals surface area contributed by atoms with Gasteiger partial charge in [0.15, 0.2) is 6.61 Å². The predicted molar refractivity (Wildman–Crippen MR) is 116 cm³/mol. The van der Waals surface area contributed by atoms with Gasteiger partial charge in [0.05, 0.1) is 17.2 Å². The monoisotopic (exact) mass is 429 g/mol. The summed E-state index contributed by atoms with van der Waals surface area (Å²) in [4.78, 5) is 38.5. The number of rotatable bonds is 6. The molecule has 1 heterocycles. The third-order valence-electron chi connectivity index (χ3n) is 4.76. The minimum atomic E-state index is -0.554. The van der Waals surface area contributed by atoms with Crippen molar-refractivity contribution in [1.82, 2.24) is 0 Å². The van der Waals surface area contributed by atoms with Crippen LogP contribution in [0.25, 0.3) is 0 Å². The van der Waals surface area contributed by atoms with Crippen LogP contribution < -0.4 is 5.32 Å². The van der Waals surface area contributed by atoms with Gasteiger partial charge in [-0.2, -0.15) is 0 Å². The van der Waals surface area contributed by atoms with Crippen molar-refractivity contribution in [2.45, 2.75) is 59.5 Å². The number of benzene rings is 1. The normalized spacial score (nSPS) is 13.0. The Hall–Kier alpha value is -2.67. The van der Waals surface area contributed by atoms with Gasteiger partial charge in [0, 0.05) is 4.88 Å². The highest BCUT2D eigenvalue weighted by Gasteiger charge is 2.28. The van der Waals surface area contributed by atoms with Crippen LogP contribution in [0.5, 0.6) is 0 Å². The molecule has 0 bridgehead atoms. The molecule has 1 aromatic carbocycles. The van der Waals surface area contributed by atoms with E-state index in [-0.39, 0.29) is 6.10 Å². The van der Waals surface area contributed by atoms with Crippen molar-refractivity contribution >= 4 is 34.2 Å². The molecule has 0 unspecified atom stereocenters. The number of ether oxygens (including phenoxy) is 2. The number of thiophene rings is 1. The standard InChI is InChI=1S/C23H27NO5S/c1-13(2)29-23(27)20-17-7-5-6-8-18(17)30-21(20)24-19(25)12-28-22(26)16-10-14(3)9-15(4)11-16/h9-11,13H,5-8,12H2,1-4H3,(H,24,25). The van der Waals surface area contributed by atoms with Crippen LogP contribution in [-0.4, -0.2) is 30.6 Å². The minimum Gasteiger partial charge on any atom is -0.459 e. The van der Waals surface area contributed by atoms with Crippen LogP contribution in [0.3, 0.4) is 0 Å². The van der Waals surface area contributed by atoms with E-state index in [1.807, 2.05) is 19.9 Å². The average molecular weight is 430 g/mol. The number of esters is 2. The summed E-state index contributed by atoms with van der Waals surface area (Å²) >= 11 is 1.41. The number of carbonyl (C=O) groups is 3. The zero-order valence-electron chi connectivity index (χ0n) is 17.8. The molecule has 30 heavy (non-hydrogen) atoms. The van der Waals surface area contributed by atoms with E-state index in [1.165, 1.54) is 11.3 Å². The lowest BCUT2D eigenvalue weighted by molar-refractivity contribution is -0.119. The summed E-state index contributed by atoms with van der Waals surface area (Å²) in [5.41, 5.74) is 3.72. The molecule has 0 saturated heterocycles. The summed E-state index contributed by atoms with van der Waals surface area (Å²) < 4.78 is 10.6. The number of hydrogen-bond acceptors (Lipinski definition) is 6. The van der Waals surface area contributed by atoms with E-state index in [0.717, 1.165) is 47.3 Å². The Bertz CT molecular complexity index is 956. The molecule has 0 saturated carbocycles. The van der Waals surface area contributed by atoms with E-state index in [4.69, 9.17) is 9.47 Å². The quantitative estimate of drug-likeness (QED) is 0.679. The van der Waals surface area contributed by atoms with Gasteiger partial charge in [-0.05, 0) is 71.1 Å². The van der Waals surface area contributed by atoms with Crippen LogP contribution in [0.4, 0.5) is 5.00 Å². The second kappa shape index (κ2) is 9.43. The molecule has 7 heteroatoms. The molecule has 2 aromatic rings. The number of amides is 1. The van der Waals surface area contributed by atoms with E-state index < -0.39 is 24.5 Å². The van der Waals surface area contributed by atoms with Crippen molar-refractivity contribution in [2.24, 2.45) is 0 Å². The van der Waals surface area contributed by atoms with Crippen molar-refractivity contribution in [2.75, 3.05) is 11.9 Å². The maximum atomic E-state index is 12.7. The number of anilines is 1. The second-order valence-corrected chi connectivity index (χ2v) is 8.97. The molecular weight excluding hydrogens is 402 g/mol. The average Bonchev–Trinajstić information content (AvgIpc) is 3.02. The van der Waals surface area contributed by atoms with Crippen molar-refractivity contribution < 1.29 is 23.9 Å². The number of carbonyl (C=O) groups excluding carboxylic acids is 3. The molecule has 3 rings (SSSR count). The molecule has 1 aliphatic rings. The summed E-state index contributed by atoms with van der Waals surface area (Å²) in [6.07, 6.45) is 3.50. The Morgan fingerprint density at radius 3 is 2.37 bits per heavy atom. The zero-order valence-corrected chi connectivity index (χ0v) is 18.6. The Kier molecular flexibility index (Phi) is 6.92. The number of hydrogen-bond donors (Lipinski definition) is 1. The fourth-order valence-electron chi connectivity index (χ4n) is 3.61. The van der Waals surface area contributed by atoms with Gasteiger partial charge in [-0.25, -0.2) is 9.59 Å². The molecule has 0 aliphatic heterocycles. The topological polar surface area (TPSA) is 81.7 Å². The minimum absolute atomic E-state index is 0.251. The van der Waals surface area contributed by atoms with Crippen LogP contribution in [0, 0.1) is 13.8 Å². The Balaban J connectivity index is 1.71. The first kappa shape index (κ1) is 22.0. The summed E-state index contributed by atoms with van der Waals surface area (Å²) in [5.74, 6) is -1.46. The summed E-state index contributed by atoms with van der Waals surface area (Å²) in [5, 5.41) is 3.23. The predicted octanol–water partition coefficient (Wildman–Crippen LogP) is 4.60. The van der Waals surface area contributed by atoms with Gasteiger partial charge >= 0.3 is 11.9 Å². The molecule has 0 spiro atoms. The van der Waals surface area contributed by atoms with E-state index in [2.05, 4.69) is 5.32 Å². The van der Waals surface area contributed by atoms with E-state index >= 15 is 0 Å². The lowest BCUT2D eigenvalue weighted by Gasteiger charge is -2.14. The lowest BCUT2D eigenvalue weighted by atomic mass is 9.95. The van der Waals surface area contributed by atoms with E-state index in [1.54, 1.807) is 26.0 Å². The van der Waals surface area contributed by atoms with Gasteiger partial charge in [-0.1, -0.05) is 17.2 Å². The molecule has 0 radical (unpaired) electrons. The van der Waals surface area contributed by atoms with E-state index in [0.29, 0.717) is 16.1 Å². The molecule has 1 N–H and O–H groups in total. The number of aryl methyl sites for hydroxylation is 3. The van der Waals surface area contributed by atoms with Crippen LogP contribution in [-0.2, 0) is 27.1 Å². The summed E-state index contributed by atoms with van der Waals surface area (Å²) in [7, 11) is 0. The van der Waals surface area contributed by atoms with Crippen molar-refractivity contribution in [3.63, 3.8) is 0 Å². The molecule has 1 aliphatic carbocycles. The molecule has 1 aromatic heterocycles. The van der Waals surface area contributed by atoms with Gasteiger partial charge in [0.2, 0.25) is 0 Å². The van der Waals surface area contributed by atoms with Crippen molar-refractivity contribution in [3.05, 3.63) is 50.9 Å². The molecule has 0 fully saturated rings. The molecule has 6 nitrogen and oxygen atoms in total. The first-order valence-electron chi connectivity index (χ1n) is 10.2. The Morgan fingerprint density at radius 2 is 1.70 bits per heavy atom. The van der Waals surface area contributed by atoms with Crippen molar-refractivity contribution in [3.8, 4) is 0 Å². The summed E-state index contributed by atoms with van der Waals surface area (Å²) in [6, 6.07) is 5.40. The highest BCUT2D eigenvalue weighted by atomic mass is 32.1.